The van der Waals surface area contributed by atoms with E-state index in [0.717, 1.165) is 18.2 Å². The van der Waals surface area contributed by atoms with Crippen LogP contribution in [0.5, 0.6) is 0 Å². The number of guanidine groups is 1. The predicted octanol–water partition coefficient (Wildman–Crippen LogP) is 2.30. The van der Waals surface area contributed by atoms with Crippen LogP contribution in [0.1, 0.15) is 32.8 Å². The van der Waals surface area contributed by atoms with Gasteiger partial charge in [0.15, 0.2) is 5.96 Å². The van der Waals surface area contributed by atoms with Crippen molar-refractivity contribution >= 4 is 51.7 Å². The van der Waals surface area contributed by atoms with Gasteiger partial charge in [-0.15, -0.1) is 24.0 Å². The molecule has 1 amide bonds. The number of amides is 1. The van der Waals surface area contributed by atoms with E-state index in [1.807, 2.05) is 45.0 Å². The van der Waals surface area contributed by atoms with Crippen LogP contribution in [0.25, 0.3) is 0 Å². The van der Waals surface area contributed by atoms with Crippen molar-refractivity contribution in [2.75, 3.05) is 38.3 Å². The Morgan fingerprint density at radius 2 is 1.67 bits per heavy atom. The number of nitrogens with zero attached hydrogens (tertiary/aromatic N) is 1. The smallest absolute Gasteiger partial charge is 0.412 e. The zero-order chi connectivity index (χ0) is 21.9. The van der Waals surface area contributed by atoms with Crippen LogP contribution in [0.3, 0.4) is 0 Å². The Morgan fingerprint density at radius 1 is 1.07 bits per heavy atom. The topological polar surface area (TPSA) is 121 Å². The number of anilines is 1. The first-order valence-corrected chi connectivity index (χ1v) is 11.4. The van der Waals surface area contributed by atoms with E-state index >= 15 is 0 Å². The average molecular weight is 555 g/mol. The van der Waals surface area contributed by atoms with Gasteiger partial charge < -0.3 is 15.4 Å². The summed E-state index contributed by atoms with van der Waals surface area (Å²) in [7, 11) is -1.47. The molecule has 0 spiro atoms. The summed E-state index contributed by atoms with van der Waals surface area (Å²) < 4.78 is 29.7. The van der Waals surface area contributed by atoms with Gasteiger partial charge in [-0.05, 0) is 51.3 Å². The molecule has 1 aromatic rings. The molecule has 0 heterocycles. The zero-order valence-electron chi connectivity index (χ0n) is 18.2. The van der Waals surface area contributed by atoms with Gasteiger partial charge in [-0.2, -0.15) is 0 Å². The third-order valence-corrected chi connectivity index (χ3v) is 4.27. The van der Waals surface area contributed by atoms with E-state index in [4.69, 9.17) is 4.74 Å². The number of nitrogens with one attached hydrogen (secondary N) is 4. The largest absolute Gasteiger partial charge is 0.444 e. The lowest BCUT2D eigenvalue weighted by atomic mass is 10.1. The van der Waals surface area contributed by atoms with Crippen molar-refractivity contribution in [2.45, 2.75) is 39.2 Å². The molecule has 0 fully saturated rings. The fraction of sp³-hybridized carbons (Fsp3) is 0.579. The first-order chi connectivity index (χ1) is 13.5. The third kappa shape index (κ3) is 14.4. The van der Waals surface area contributed by atoms with Gasteiger partial charge in [-0.3, -0.25) is 10.3 Å². The molecule has 0 saturated carbocycles. The van der Waals surface area contributed by atoms with Crippen LogP contribution in [0.4, 0.5) is 10.5 Å². The van der Waals surface area contributed by atoms with Crippen LogP contribution in [0, 0.1) is 0 Å². The number of benzene rings is 1. The average Bonchev–Trinajstić information content (AvgIpc) is 2.58. The third-order valence-electron chi connectivity index (χ3n) is 3.54. The summed E-state index contributed by atoms with van der Waals surface area (Å²) in [6.45, 7) is 7.12. The number of sulfonamides is 1. The molecule has 0 unspecified atom stereocenters. The van der Waals surface area contributed by atoms with Gasteiger partial charge >= 0.3 is 6.09 Å². The van der Waals surface area contributed by atoms with Gasteiger partial charge in [0, 0.05) is 32.4 Å². The molecule has 0 radical (unpaired) electrons. The van der Waals surface area contributed by atoms with Gasteiger partial charge in [0.1, 0.15) is 5.60 Å². The predicted molar refractivity (Wildman–Crippen MR) is 132 cm³/mol. The van der Waals surface area contributed by atoms with E-state index in [9.17, 15) is 13.2 Å². The Balaban J connectivity index is 0.00000841. The van der Waals surface area contributed by atoms with E-state index in [2.05, 4.69) is 25.7 Å². The minimum atomic E-state index is -3.15. The van der Waals surface area contributed by atoms with Crippen LogP contribution in [0.15, 0.2) is 29.3 Å². The molecule has 172 valence electrons. The Bertz CT molecular complexity index is 777. The minimum absolute atomic E-state index is 0. The molecule has 0 atom stereocenters. The van der Waals surface area contributed by atoms with Crippen LogP contribution in [-0.2, 0) is 21.2 Å². The number of aliphatic imine (C=N–C) groups is 1. The summed E-state index contributed by atoms with van der Waals surface area (Å²) in [6, 6.07) is 7.56. The summed E-state index contributed by atoms with van der Waals surface area (Å²) in [5, 5.41) is 9.05. The Kier molecular flexibility index (Phi) is 12.9. The molecule has 1 rings (SSSR count). The maximum absolute atomic E-state index is 11.8. The van der Waals surface area contributed by atoms with Gasteiger partial charge in [0.25, 0.3) is 0 Å². The van der Waals surface area contributed by atoms with E-state index in [1.54, 1.807) is 7.05 Å². The lowest BCUT2D eigenvalue weighted by molar-refractivity contribution is 0.0636. The second-order valence-corrected chi connectivity index (χ2v) is 9.35. The number of rotatable bonds is 9. The number of hydrogen-bond acceptors (Lipinski definition) is 5. The molecule has 11 heteroatoms. The molecule has 0 bridgehead atoms. The molecule has 4 N–H and O–H groups in total. The zero-order valence-corrected chi connectivity index (χ0v) is 21.4. The second kappa shape index (κ2) is 13.7. The standard InChI is InChI=1S/C19H33N5O4S.HI/c1-19(2,3)28-18(25)24-16-9-7-15(8-10-16)11-14-22-17(20-4)21-12-6-13-23-29(5,26)27;/h7-10,23H,6,11-14H2,1-5H3,(H,24,25)(H2,20,21,22);1H. The van der Waals surface area contributed by atoms with Gasteiger partial charge in [-0.25, -0.2) is 17.9 Å². The van der Waals surface area contributed by atoms with Gasteiger partial charge in [-0.1, -0.05) is 12.1 Å². The van der Waals surface area contributed by atoms with Crippen LogP contribution >= 0.6 is 24.0 Å². The van der Waals surface area contributed by atoms with Crippen LogP contribution < -0.4 is 20.7 Å². The highest BCUT2D eigenvalue weighted by Gasteiger charge is 2.16. The lowest BCUT2D eigenvalue weighted by Crippen LogP contribution is -2.39. The molecule has 0 aromatic heterocycles. The van der Waals surface area contributed by atoms with Crippen LogP contribution in [-0.4, -0.2) is 59.0 Å². The maximum Gasteiger partial charge on any atom is 0.412 e. The first-order valence-electron chi connectivity index (χ1n) is 9.46. The lowest BCUT2D eigenvalue weighted by Gasteiger charge is -2.19. The van der Waals surface area contributed by atoms with E-state index in [1.165, 1.54) is 0 Å². The summed E-state index contributed by atoms with van der Waals surface area (Å²) >= 11 is 0. The van der Waals surface area contributed by atoms with Gasteiger partial charge in [0.05, 0.1) is 6.26 Å². The Labute approximate surface area is 196 Å². The quantitative estimate of drug-likeness (QED) is 0.161. The van der Waals surface area contributed by atoms with E-state index < -0.39 is 21.7 Å². The van der Waals surface area contributed by atoms with E-state index in [0.29, 0.717) is 37.7 Å². The van der Waals surface area contributed by atoms with Crippen molar-refractivity contribution in [3.05, 3.63) is 29.8 Å². The number of hydrogen-bond donors (Lipinski definition) is 4. The Hall–Kier alpha value is -1.60. The first kappa shape index (κ1) is 28.4. The SMILES string of the molecule is CN=C(NCCCNS(C)(=O)=O)NCCc1ccc(NC(=O)OC(C)(C)C)cc1.I. The van der Waals surface area contributed by atoms with Gasteiger partial charge in [0.2, 0.25) is 10.0 Å². The fourth-order valence-electron chi connectivity index (χ4n) is 2.27. The van der Waals surface area contributed by atoms with E-state index in [-0.39, 0.29) is 24.0 Å². The summed E-state index contributed by atoms with van der Waals surface area (Å²) in [5.41, 5.74) is 1.25. The van der Waals surface area contributed by atoms with Crippen molar-refractivity contribution in [2.24, 2.45) is 4.99 Å². The molecule has 0 aliphatic carbocycles. The molecule has 0 saturated heterocycles. The highest BCUT2D eigenvalue weighted by atomic mass is 127. The summed E-state index contributed by atoms with van der Waals surface area (Å²) in [5.74, 6) is 0.660. The molecule has 1 aromatic carbocycles. The molecule has 30 heavy (non-hydrogen) atoms. The number of halogens is 1. The summed E-state index contributed by atoms with van der Waals surface area (Å²) in [4.78, 5) is 15.9. The number of ether oxygens (including phenoxy) is 1. The fourth-order valence-corrected chi connectivity index (χ4v) is 2.79. The molecular weight excluding hydrogens is 521 g/mol. The number of carbonyl (C=O) groups excluding carboxylic acids is 1. The highest BCUT2D eigenvalue weighted by Crippen LogP contribution is 2.13. The molecular formula is C19H34IN5O4S. The minimum Gasteiger partial charge on any atom is -0.444 e. The number of carbonyl (C=O) groups is 1. The second-order valence-electron chi connectivity index (χ2n) is 7.52. The van der Waals surface area contributed by atoms with Crippen molar-refractivity contribution in [3.63, 3.8) is 0 Å². The Morgan fingerprint density at radius 3 is 2.20 bits per heavy atom. The van der Waals surface area contributed by atoms with Crippen molar-refractivity contribution < 1.29 is 17.9 Å². The highest BCUT2D eigenvalue weighted by molar-refractivity contribution is 14.0. The molecule has 0 aliphatic rings. The van der Waals surface area contributed by atoms with Crippen molar-refractivity contribution in [1.82, 2.24) is 15.4 Å². The normalized spacial score (nSPS) is 12.0. The van der Waals surface area contributed by atoms with Crippen molar-refractivity contribution in [1.29, 1.82) is 0 Å². The van der Waals surface area contributed by atoms with Crippen LogP contribution in [0.2, 0.25) is 0 Å². The monoisotopic (exact) mass is 555 g/mol. The van der Waals surface area contributed by atoms with Crippen molar-refractivity contribution in [3.8, 4) is 0 Å². The molecule has 0 aliphatic heterocycles. The molecule has 9 nitrogen and oxygen atoms in total. The maximum atomic E-state index is 11.8. The summed E-state index contributed by atoms with van der Waals surface area (Å²) in [6.07, 6.45) is 2.10.